The fraction of sp³-hybridized carbons (Fsp3) is 0.714. The minimum atomic E-state index is -0.448. The van der Waals surface area contributed by atoms with Crippen molar-refractivity contribution in [2.24, 2.45) is 5.92 Å². The van der Waals surface area contributed by atoms with Crippen LogP contribution in [-0.4, -0.2) is 18.9 Å². The molecular weight excluding hydrogens is 216 g/mol. The molecule has 0 unspecified atom stereocenters. The van der Waals surface area contributed by atoms with Gasteiger partial charge in [-0.25, -0.2) is 0 Å². The van der Waals surface area contributed by atoms with Crippen molar-refractivity contribution in [2.75, 3.05) is 7.11 Å². The molecule has 0 aromatic rings. The molecule has 0 saturated carbocycles. The summed E-state index contributed by atoms with van der Waals surface area (Å²) >= 11 is 0. The van der Waals surface area contributed by atoms with Gasteiger partial charge < -0.3 is 4.74 Å². The van der Waals surface area contributed by atoms with Crippen molar-refractivity contribution in [3.63, 3.8) is 0 Å². The second kappa shape index (κ2) is 10.1. The molecule has 0 aliphatic carbocycles. The van der Waals surface area contributed by atoms with E-state index in [2.05, 4.69) is 24.7 Å². The Labute approximate surface area is 104 Å². The first-order valence-electron chi connectivity index (χ1n) is 6.29. The summed E-state index contributed by atoms with van der Waals surface area (Å²) in [6.45, 7) is 4.43. The van der Waals surface area contributed by atoms with Crippen LogP contribution in [-0.2, 0) is 14.3 Å². The highest BCUT2D eigenvalue weighted by molar-refractivity contribution is 5.95. The lowest BCUT2D eigenvalue weighted by Gasteiger charge is -2.00. The number of methoxy groups -OCH3 is 1. The summed E-state index contributed by atoms with van der Waals surface area (Å²) < 4.78 is 4.42. The lowest BCUT2D eigenvalue weighted by molar-refractivity contribution is -0.143. The lowest BCUT2D eigenvalue weighted by atomic mass is 10.1. The topological polar surface area (TPSA) is 43.4 Å². The van der Waals surface area contributed by atoms with Gasteiger partial charge in [-0.2, -0.15) is 0 Å². The number of hydrogen-bond acceptors (Lipinski definition) is 3. The van der Waals surface area contributed by atoms with Crippen molar-refractivity contribution in [2.45, 2.75) is 52.4 Å². The predicted molar refractivity (Wildman–Crippen MR) is 68.7 cm³/mol. The first kappa shape index (κ1) is 15.9. The standard InChI is InChI=1S/C14H24O3/c1-12(2)9-7-5-4-6-8-10-13(15)11-14(16)17-3/h4,6,12H,5,7-11H2,1-3H3/b6-4-. The maximum Gasteiger partial charge on any atom is 0.313 e. The molecule has 0 N–H and O–H groups in total. The van der Waals surface area contributed by atoms with Gasteiger partial charge in [0.1, 0.15) is 12.2 Å². The average molecular weight is 240 g/mol. The van der Waals surface area contributed by atoms with Gasteiger partial charge in [-0.15, -0.1) is 0 Å². The molecule has 0 bridgehead atoms. The van der Waals surface area contributed by atoms with Crippen LogP contribution >= 0.6 is 0 Å². The zero-order chi connectivity index (χ0) is 13.1. The third-order valence-corrected chi connectivity index (χ3v) is 2.48. The summed E-state index contributed by atoms with van der Waals surface area (Å²) in [6, 6.07) is 0. The molecule has 0 fully saturated rings. The van der Waals surface area contributed by atoms with Crippen LogP contribution in [0.25, 0.3) is 0 Å². The largest absolute Gasteiger partial charge is 0.469 e. The summed E-state index contributed by atoms with van der Waals surface area (Å²) in [7, 11) is 1.30. The van der Waals surface area contributed by atoms with E-state index < -0.39 is 5.97 Å². The van der Waals surface area contributed by atoms with Crippen molar-refractivity contribution in [3.05, 3.63) is 12.2 Å². The number of carbonyl (C=O) groups is 2. The summed E-state index contributed by atoms with van der Waals surface area (Å²) in [6.07, 6.45) is 8.70. The van der Waals surface area contributed by atoms with Crippen molar-refractivity contribution >= 4 is 11.8 Å². The van der Waals surface area contributed by atoms with E-state index in [-0.39, 0.29) is 12.2 Å². The van der Waals surface area contributed by atoms with Gasteiger partial charge in [0.05, 0.1) is 7.11 Å². The first-order valence-corrected chi connectivity index (χ1v) is 6.29. The van der Waals surface area contributed by atoms with E-state index in [9.17, 15) is 9.59 Å². The molecule has 0 rings (SSSR count). The van der Waals surface area contributed by atoms with Crippen LogP contribution in [0.1, 0.15) is 52.4 Å². The maximum atomic E-state index is 11.3. The van der Waals surface area contributed by atoms with E-state index >= 15 is 0 Å². The smallest absolute Gasteiger partial charge is 0.313 e. The number of ether oxygens (including phenoxy) is 1. The zero-order valence-electron chi connectivity index (χ0n) is 11.2. The number of carbonyl (C=O) groups excluding carboxylic acids is 2. The molecule has 3 heteroatoms. The van der Waals surface area contributed by atoms with Gasteiger partial charge in [0.15, 0.2) is 0 Å². The fourth-order valence-electron chi connectivity index (χ4n) is 1.45. The molecule has 0 aliphatic rings. The summed E-state index contributed by atoms with van der Waals surface area (Å²) in [5, 5.41) is 0. The average Bonchev–Trinajstić information content (AvgIpc) is 2.27. The summed E-state index contributed by atoms with van der Waals surface area (Å²) in [5.41, 5.74) is 0. The molecular formula is C14H24O3. The second-order valence-corrected chi connectivity index (χ2v) is 4.63. The van der Waals surface area contributed by atoms with Gasteiger partial charge in [-0.3, -0.25) is 9.59 Å². The number of hydrogen-bond donors (Lipinski definition) is 0. The number of ketones is 1. The van der Waals surface area contributed by atoms with Gasteiger partial charge in [0, 0.05) is 6.42 Å². The monoisotopic (exact) mass is 240 g/mol. The minimum absolute atomic E-state index is 0.0521. The molecule has 0 saturated heterocycles. The Morgan fingerprint density at radius 3 is 2.41 bits per heavy atom. The van der Waals surface area contributed by atoms with Gasteiger partial charge in [0.2, 0.25) is 0 Å². The molecule has 0 amide bonds. The summed E-state index contributed by atoms with van der Waals surface area (Å²) in [4.78, 5) is 22.1. The molecule has 98 valence electrons. The van der Waals surface area contributed by atoms with Crippen LogP contribution in [0.15, 0.2) is 12.2 Å². The van der Waals surface area contributed by atoms with Gasteiger partial charge >= 0.3 is 5.97 Å². The molecule has 0 aromatic carbocycles. The number of rotatable bonds is 9. The first-order chi connectivity index (χ1) is 8.06. The van der Waals surface area contributed by atoms with E-state index in [1.807, 2.05) is 6.08 Å². The van der Waals surface area contributed by atoms with Crippen LogP contribution in [0, 0.1) is 5.92 Å². The van der Waals surface area contributed by atoms with Crippen LogP contribution in [0.4, 0.5) is 0 Å². The number of unbranched alkanes of at least 4 members (excludes halogenated alkanes) is 1. The number of allylic oxidation sites excluding steroid dienone is 2. The molecule has 3 nitrogen and oxygen atoms in total. The van der Waals surface area contributed by atoms with Crippen LogP contribution < -0.4 is 0 Å². The van der Waals surface area contributed by atoms with E-state index in [1.54, 1.807) is 0 Å². The fourth-order valence-corrected chi connectivity index (χ4v) is 1.45. The van der Waals surface area contributed by atoms with Crippen LogP contribution in [0.5, 0.6) is 0 Å². The minimum Gasteiger partial charge on any atom is -0.469 e. The van der Waals surface area contributed by atoms with E-state index in [0.29, 0.717) is 6.42 Å². The Morgan fingerprint density at radius 2 is 1.82 bits per heavy atom. The molecule has 0 radical (unpaired) electrons. The van der Waals surface area contributed by atoms with Gasteiger partial charge in [-0.05, 0) is 25.2 Å². The molecule has 0 spiro atoms. The highest BCUT2D eigenvalue weighted by atomic mass is 16.5. The molecule has 0 atom stereocenters. The Hall–Kier alpha value is -1.12. The number of esters is 1. The Kier molecular flexibility index (Phi) is 9.40. The van der Waals surface area contributed by atoms with Crippen LogP contribution in [0.3, 0.4) is 0 Å². The van der Waals surface area contributed by atoms with Crippen molar-refractivity contribution in [1.82, 2.24) is 0 Å². The normalized spacial score (nSPS) is 11.1. The van der Waals surface area contributed by atoms with E-state index in [0.717, 1.165) is 18.8 Å². The van der Waals surface area contributed by atoms with E-state index in [1.165, 1.54) is 20.0 Å². The third-order valence-electron chi connectivity index (χ3n) is 2.48. The lowest BCUT2D eigenvalue weighted by Crippen LogP contribution is -2.08. The van der Waals surface area contributed by atoms with Crippen molar-refractivity contribution < 1.29 is 14.3 Å². The predicted octanol–water partition coefficient (Wildman–Crippen LogP) is 3.28. The molecule has 0 aliphatic heterocycles. The third kappa shape index (κ3) is 11.1. The molecule has 0 aromatic heterocycles. The maximum absolute atomic E-state index is 11.3. The quantitative estimate of drug-likeness (QED) is 0.269. The highest BCUT2D eigenvalue weighted by Gasteiger charge is 2.07. The van der Waals surface area contributed by atoms with Crippen molar-refractivity contribution in [1.29, 1.82) is 0 Å². The highest BCUT2D eigenvalue weighted by Crippen LogP contribution is 2.07. The van der Waals surface area contributed by atoms with Crippen molar-refractivity contribution in [3.8, 4) is 0 Å². The Morgan fingerprint density at radius 1 is 1.18 bits per heavy atom. The second-order valence-electron chi connectivity index (χ2n) is 4.63. The Bertz CT molecular complexity index is 254. The van der Waals surface area contributed by atoms with Gasteiger partial charge in [-0.1, -0.05) is 32.4 Å². The Balaban J connectivity index is 3.46. The van der Waals surface area contributed by atoms with Crippen LogP contribution in [0.2, 0.25) is 0 Å². The molecule has 0 heterocycles. The summed E-state index contributed by atoms with van der Waals surface area (Å²) in [5.74, 6) is 0.254. The zero-order valence-corrected chi connectivity index (χ0v) is 11.2. The number of Topliss-reactive ketones (excluding diaryl/α,β-unsaturated/α-hetero) is 1. The molecule has 17 heavy (non-hydrogen) atoms. The van der Waals surface area contributed by atoms with E-state index in [4.69, 9.17) is 0 Å². The van der Waals surface area contributed by atoms with Gasteiger partial charge in [0.25, 0.3) is 0 Å². The SMILES string of the molecule is COC(=O)CC(=O)CC/C=C\CCCC(C)C.